The van der Waals surface area contributed by atoms with Crippen molar-refractivity contribution in [2.75, 3.05) is 26.7 Å². The molecule has 6 heteroatoms. The lowest BCUT2D eigenvalue weighted by molar-refractivity contribution is -0.123. The van der Waals surface area contributed by atoms with Crippen molar-refractivity contribution < 1.29 is 19.4 Å². The molecule has 0 bridgehead atoms. The largest absolute Gasteiger partial charge is 0.497 e. The van der Waals surface area contributed by atoms with Crippen molar-refractivity contribution in [1.29, 1.82) is 0 Å². The van der Waals surface area contributed by atoms with Crippen LogP contribution in [0.5, 0.6) is 5.75 Å². The molecule has 1 aromatic carbocycles. The highest BCUT2D eigenvalue weighted by Crippen LogP contribution is 2.22. The van der Waals surface area contributed by atoms with E-state index in [4.69, 9.17) is 4.74 Å². The molecule has 2 rings (SSSR count). The van der Waals surface area contributed by atoms with Crippen LogP contribution in [-0.2, 0) is 9.59 Å². The van der Waals surface area contributed by atoms with Gasteiger partial charge in [-0.1, -0.05) is 18.6 Å². The average Bonchev–Trinajstić information content (AvgIpc) is 3.19. The number of unbranched alkanes of at least 4 members (excludes halogenated alkanes) is 2. The van der Waals surface area contributed by atoms with Crippen molar-refractivity contribution in [3.8, 4) is 5.75 Å². The highest BCUT2D eigenvalue weighted by Gasteiger charge is 2.26. The van der Waals surface area contributed by atoms with E-state index in [0.717, 1.165) is 56.5 Å². The second kappa shape index (κ2) is 11.8. The SMILES string of the molecule is COc1ccc(C(O)[C@@H](CN2CCCC2)NC(=O)CCCCCC(C)=O)cc1. The second-order valence-electron chi connectivity index (χ2n) is 7.66. The molecule has 1 aromatic rings. The Kier molecular flexibility index (Phi) is 9.44. The van der Waals surface area contributed by atoms with Gasteiger partial charge in [0.25, 0.3) is 0 Å². The Bertz CT molecular complexity index is 611. The number of aliphatic hydroxyl groups excluding tert-OH is 1. The van der Waals surface area contributed by atoms with Gasteiger partial charge in [-0.15, -0.1) is 0 Å². The Labute approximate surface area is 168 Å². The minimum Gasteiger partial charge on any atom is -0.497 e. The van der Waals surface area contributed by atoms with Gasteiger partial charge in [-0.25, -0.2) is 0 Å². The third-order valence-electron chi connectivity index (χ3n) is 5.27. The Morgan fingerprint density at radius 1 is 1.11 bits per heavy atom. The van der Waals surface area contributed by atoms with Gasteiger partial charge in [-0.05, 0) is 63.4 Å². The molecule has 1 unspecified atom stereocenters. The number of likely N-dealkylation sites (tertiary alicyclic amines) is 1. The quantitative estimate of drug-likeness (QED) is 0.537. The molecule has 1 aliphatic rings. The third kappa shape index (κ3) is 7.60. The summed E-state index contributed by atoms with van der Waals surface area (Å²) in [5.74, 6) is 0.888. The van der Waals surface area contributed by atoms with Crippen molar-refractivity contribution in [2.45, 2.75) is 64.0 Å². The van der Waals surface area contributed by atoms with Gasteiger partial charge in [-0.3, -0.25) is 4.79 Å². The van der Waals surface area contributed by atoms with Crippen LogP contribution < -0.4 is 10.1 Å². The minimum absolute atomic E-state index is 0.0421. The molecule has 1 aliphatic heterocycles. The Morgan fingerprint density at radius 2 is 1.75 bits per heavy atom. The van der Waals surface area contributed by atoms with Gasteiger partial charge >= 0.3 is 0 Å². The van der Waals surface area contributed by atoms with Gasteiger partial charge in [0.05, 0.1) is 13.2 Å². The number of Topliss-reactive ketones (excluding diaryl/α,β-unsaturated/α-hetero) is 1. The summed E-state index contributed by atoms with van der Waals surface area (Å²) in [4.78, 5) is 25.7. The van der Waals surface area contributed by atoms with Crippen molar-refractivity contribution >= 4 is 11.7 Å². The molecule has 0 saturated carbocycles. The molecule has 0 spiro atoms. The van der Waals surface area contributed by atoms with E-state index in [2.05, 4.69) is 10.2 Å². The number of carbonyl (C=O) groups is 2. The number of methoxy groups -OCH3 is 1. The van der Waals surface area contributed by atoms with Crippen LogP contribution in [0.2, 0.25) is 0 Å². The molecular formula is C22H34N2O4. The average molecular weight is 391 g/mol. The summed E-state index contributed by atoms with van der Waals surface area (Å²) in [6.45, 7) is 4.25. The fraction of sp³-hybridized carbons (Fsp3) is 0.636. The van der Waals surface area contributed by atoms with Gasteiger partial charge in [0.15, 0.2) is 0 Å². The summed E-state index contributed by atoms with van der Waals surface area (Å²) < 4.78 is 5.18. The molecule has 2 atom stereocenters. The van der Waals surface area contributed by atoms with Crippen molar-refractivity contribution in [3.63, 3.8) is 0 Å². The number of benzene rings is 1. The van der Waals surface area contributed by atoms with Crippen LogP contribution in [-0.4, -0.2) is 54.5 Å². The Morgan fingerprint density at radius 3 is 2.36 bits per heavy atom. The molecule has 0 aliphatic carbocycles. The number of nitrogens with zero attached hydrogens (tertiary/aromatic N) is 1. The zero-order valence-electron chi connectivity index (χ0n) is 17.2. The zero-order valence-corrected chi connectivity index (χ0v) is 17.2. The number of aliphatic hydroxyl groups is 1. The van der Waals surface area contributed by atoms with E-state index < -0.39 is 6.10 Å². The second-order valence-corrected chi connectivity index (χ2v) is 7.66. The van der Waals surface area contributed by atoms with Crippen molar-refractivity contribution in [3.05, 3.63) is 29.8 Å². The molecule has 156 valence electrons. The van der Waals surface area contributed by atoms with E-state index in [1.54, 1.807) is 14.0 Å². The minimum atomic E-state index is -0.770. The van der Waals surface area contributed by atoms with Crippen LogP contribution in [0.3, 0.4) is 0 Å². The number of ether oxygens (including phenoxy) is 1. The van der Waals surface area contributed by atoms with E-state index in [1.165, 1.54) is 0 Å². The van der Waals surface area contributed by atoms with Crippen LogP contribution in [0.25, 0.3) is 0 Å². The Balaban J connectivity index is 1.91. The number of carbonyl (C=O) groups excluding carboxylic acids is 2. The van der Waals surface area contributed by atoms with Crippen LogP contribution in [0.4, 0.5) is 0 Å². The highest BCUT2D eigenvalue weighted by atomic mass is 16.5. The lowest BCUT2D eigenvalue weighted by Crippen LogP contribution is -2.46. The first-order valence-electron chi connectivity index (χ1n) is 10.3. The molecule has 1 fully saturated rings. The van der Waals surface area contributed by atoms with Gasteiger partial charge < -0.3 is 24.9 Å². The molecule has 6 nitrogen and oxygen atoms in total. The maximum absolute atomic E-state index is 12.4. The van der Waals surface area contributed by atoms with Gasteiger partial charge in [0, 0.05) is 19.4 Å². The predicted molar refractivity (Wildman–Crippen MR) is 109 cm³/mol. The van der Waals surface area contributed by atoms with Crippen LogP contribution in [0.15, 0.2) is 24.3 Å². The van der Waals surface area contributed by atoms with Gasteiger partial charge in [0.2, 0.25) is 5.91 Å². The first kappa shape index (κ1) is 22.4. The van der Waals surface area contributed by atoms with Crippen LogP contribution in [0, 0.1) is 0 Å². The molecule has 2 N–H and O–H groups in total. The lowest BCUT2D eigenvalue weighted by atomic mass is 10.0. The van der Waals surface area contributed by atoms with Gasteiger partial charge in [-0.2, -0.15) is 0 Å². The number of amides is 1. The normalized spacial score (nSPS) is 16.5. The summed E-state index contributed by atoms with van der Waals surface area (Å²) in [5, 5.41) is 13.9. The summed E-state index contributed by atoms with van der Waals surface area (Å²) in [7, 11) is 1.61. The Hall–Kier alpha value is -1.92. The first-order chi connectivity index (χ1) is 13.5. The molecular weight excluding hydrogens is 356 g/mol. The van der Waals surface area contributed by atoms with Crippen molar-refractivity contribution in [1.82, 2.24) is 10.2 Å². The number of hydrogen-bond acceptors (Lipinski definition) is 5. The third-order valence-corrected chi connectivity index (χ3v) is 5.27. The smallest absolute Gasteiger partial charge is 0.220 e. The maximum atomic E-state index is 12.4. The van der Waals surface area contributed by atoms with Crippen molar-refractivity contribution in [2.24, 2.45) is 0 Å². The number of ketones is 1. The highest BCUT2D eigenvalue weighted by molar-refractivity contribution is 5.76. The zero-order chi connectivity index (χ0) is 20.4. The van der Waals surface area contributed by atoms with E-state index in [0.29, 0.717) is 19.4 Å². The lowest BCUT2D eigenvalue weighted by Gasteiger charge is -2.29. The first-order valence-corrected chi connectivity index (χ1v) is 10.3. The fourth-order valence-corrected chi connectivity index (χ4v) is 3.62. The van der Waals surface area contributed by atoms with E-state index >= 15 is 0 Å². The molecule has 1 amide bonds. The van der Waals surface area contributed by atoms with E-state index in [-0.39, 0.29) is 17.7 Å². The molecule has 1 heterocycles. The van der Waals surface area contributed by atoms with Gasteiger partial charge in [0.1, 0.15) is 17.6 Å². The monoisotopic (exact) mass is 390 g/mol. The topological polar surface area (TPSA) is 78.9 Å². The van der Waals surface area contributed by atoms with Crippen LogP contribution in [0.1, 0.15) is 63.5 Å². The molecule has 1 saturated heterocycles. The molecule has 0 radical (unpaired) electrons. The summed E-state index contributed by atoms with van der Waals surface area (Å²) >= 11 is 0. The number of rotatable bonds is 12. The number of hydrogen-bond donors (Lipinski definition) is 2. The maximum Gasteiger partial charge on any atom is 0.220 e. The standard InChI is InChI=1S/C22H34N2O4/c1-17(25)8-4-3-5-9-21(26)23-20(16-24-14-6-7-15-24)22(27)18-10-12-19(28-2)13-11-18/h10-13,20,22,27H,3-9,14-16H2,1-2H3,(H,23,26)/t20-,22?/m1/s1. The number of nitrogens with one attached hydrogen (secondary N) is 1. The summed E-state index contributed by atoms with van der Waals surface area (Å²) in [6, 6.07) is 6.98. The molecule has 28 heavy (non-hydrogen) atoms. The fourth-order valence-electron chi connectivity index (χ4n) is 3.62. The van der Waals surface area contributed by atoms with E-state index in [1.807, 2.05) is 24.3 Å². The summed E-state index contributed by atoms with van der Waals surface area (Å²) in [6.07, 6.45) is 5.00. The predicted octanol–water partition coefficient (Wildman–Crippen LogP) is 2.85. The summed E-state index contributed by atoms with van der Waals surface area (Å²) in [5.41, 5.74) is 0.770. The van der Waals surface area contributed by atoms with Crippen LogP contribution >= 0.6 is 0 Å². The van der Waals surface area contributed by atoms with E-state index in [9.17, 15) is 14.7 Å². The molecule has 0 aromatic heterocycles.